The number of benzene rings is 1. The summed E-state index contributed by atoms with van der Waals surface area (Å²) in [6.07, 6.45) is 2.52. The van der Waals surface area contributed by atoms with Gasteiger partial charge < -0.3 is 15.5 Å². The van der Waals surface area contributed by atoms with Gasteiger partial charge in [-0.1, -0.05) is 37.3 Å². The molecule has 0 atom stereocenters. The fraction of sp³-hybridized carbons (Fsp3) is 0.273. The van der Waals surface area contributed by atoms with Crippen molar-refractivity contribution in [3.05, 3.63) is 65.6 Å². The minimum atomic E-state index is -0.0643. The predicted octanol–water partition coefficient (Wildman–Crippen LogP) is 1.93. The Balaban J connectivity index is 1.53. The van der Waals surface area contributed by atoms with Crippen molar-refractivity contribution in [2.75, 3.05) is 29.9 Å². The number of nitrogens with zero attached hydrogens (tertiary/aromatic N) is 5. The first-order valence-corrected chi connectivity index (χ1v) is 10.2. The van der Waals surface area contributed by atoms with Gasteiger partial charge in [0.25, 0.3) is 0 Å². The van der Waals surface area contributed by atoms with Crippen molar-refractivity contribution in [1.29, 1.82) is 0 Å². The molecule has 1 fully saturated rings. The number of ketones is 1. The van der Waals surface area contributed by atoms with Gasteiger partial charge in [-0.25, -0.2) is 4.98 Å². The largest absolute Gasteiger partial charge is 0.353 e. The van der Waals surface area contributed by atoms with Crippen molar-refractivity contribution >= 4 is 29.4 Å². The van der Waals surface area contributed by atoms with Gasteiger partial charge in [0.15, 0.2) is 5.78 Å². The van der Waals surface area contributed by atoms with Crippen molar-refractivity contribution in [3.8, 4) is 0 Å². The molecule has 1 aliphatic heterocycles. The molecule has 0 aliphatic carbocycles. The molecular formula is C22H23N7O2. The molecule has 0 unspecified atom stereocenters. The number of carbonyl (C=O) groups excluding carboxylic acids is 2. The van der Waals surface area contributed by atoms with Crippen molar-refractivity contribution in [2.45, 2.75) is 19.8 Å². The van der Waals surface area contributed by atoms with Crippen molar-refractivity contribution in [3.63, 3.8) is 0 Å². The van der Waals surface area contributed by atoms with Gasteiger partial charge in [-0.2, -0.15) is 15.0 Å². The standard InChI is InChI=1S/C22H23N7O2/c1-2-18-25-21(28-22(27-18)29-11-10-24-20(31)14-29)26-19-13-16(8-9-23-19)17(30)12-15-6-4-3-5-7-15/h3-9,13H,2,10-12,14H2,1H3,(H,24,31)(H,23,25,26,27,28). The van der Waals surface area contributed by atoms with Crippen LogP contribution in [0.5, 0.6) is 0 Å². The van der Waals surface area contributed by atoms with E-state index in [1.807, 2.05) is 42.2 Å². The molecule has 0 spiro atoms. The van der Waals surface area contributed by atoms with E-state index < -0.39 is 0 Å². The fourth-order valence-corrected chi connectivity index (χ4v) is 3.24. The average molecular weight is 417 g/mol. The van der Waals surface area contributed by atoms with Gasteiger partial charge in [-0.3, -0.25) is 9.59 Å². The molecule has 2 aromatic heterocycles. The van der Waals surface area contributed by atoms with E-state index in [0.29, 0.717) is 55.0 Å². The topological polar surface area (TPSA) is 113 Å². The molecule has 3 aromatic rings. The van der Waals surface area contributed by atoms with E-state index in [1.54, 1.807) is 18.3 Å². The lowest BCUT2D eigenvalue weighted by Gasteiger charge is -2.26. The highest BCUT2D eigenvalue weighted by atomic mass is 16.2. The van der Waals surface area contributed by atoms with Crippen LogP contribution in [0.15, 0.2) is 48.7 Å². The molecule has 2 N–H and O–H groups in total. The Labute approximate surface area is 180 Å². The maximum atomic E-state index is 12.7. The van der Waals surface area contributed by atoms with Gasteiger partial charge in [0.1, 0.15) is 11.6 Å². The average Bonchev–Trinajstić information content (AvgIpc) is 2.79. The van der Waals surface area contributed by atoms with E-state index in [1.165, 1.54) is 0 Å². The number of anilines is 3. The number of aromatic nitrogens is 4. The molecule has 1 amide bonds. The molecule has 158 valence electrons. The number of hydrogen-bond donors (Lipinski definition) is 2. The Morgan fingerprint density at radius 2 is 2.00 bits per heavy atom. The highest BCUT2D eigenvalue weighted by Gasteiger charge is 2.20. The zero-order chi connectivity index (χ0) is 21.6. The number of hydrogen-bond acceptors (Lipinski definition) is 8. The molecular weight excluding hydrogens is 394 g/mol. The van der Waals surface area contributed by atoms with Crippen LogP contribution in [0.25, 0.3) is 0 Å². The number of pyridine rings is 1. The van der Waals surface area contributed by atoms with E-state index in [0.717, 1.165) is 5.56 Å². The van der Waals surface area contributed by atoms with Gasteiger partial charge in [-0.15, -0.1) is 0 Å². The molecule has 1 aromatic carbocycles. The third-order valence-electron chi connectivity index (χ3n) is 4.84. The number of amides is 1. The first kappa shape index (κ1) is 20.4. The van der Waals surface area contributed by atoms with E-state index in [4.69, 9.17) is 0 Å². The van der Waals surface area contributed by atoms with Crippen LogP contribution in [-0.4, -0.2) is 51.3 Å². The molecule has 1 aliphatic rings. The second kappa shape index (κ2) is 9.29. The molecule has 0 saturated carbocycles. The zero-order valence-corrected chi connectivity index (χ0v) is 17.2. The van der Waals surface area contributed by atoms with Crippen LogP contribution in [-0.2, 0) is 17.6 Å². The Bertz CT molecular complexity index is 1090. The molecule has 31 heavy (non-hydrogen) atoms. The highest BCUT2D eigenvalue weighted by Crippen LogP contribution is 2.17. The third-order valence-corrected chi connectivity index (χ3v) is 4.84. The minimum Gasteiger partial charge on any atom is -0.353 e. The molecule has 4 rings (SSSR count). The van der Waals surface area contributed by atoms with E-state index in [-0.39, 0.29) is 18.2 Å². The summed E-state index contributed by atoms with van der Waals surface area (Å²) in [6, 6.07) is 13.0. The van der Waals surface area contributed by atoms with Crippen molar-refractivity contribution in [1.82, 2.24) is 25.3 Å². The quantitative estimate of drug-likeness (QED) is 0.561. The van der Waals surface area contributed by atoms with Gasteiger partial charge >= 0.3 is 0 Å². The minimum absolute atomic E-state index is 0.00145. The highest BCUT2D eigenvalue weighted by molar-refractivity contribution is 5.98. The monoisotopic (exact) mass is 417 g/mol. The maximum absolute atomic E-state index is 12.7. The Morgan fingerprint density at radius 3 is 2.77 bits per heavy atom. The lowest BCUT2D eigenvalue weighted by Crippen LogP contribution is -2.48. The summed E-state index contributed by atoms with van der Waals surface area (Å²) in [6.45, 7) is 3.32. The Kier molecular flexibility index (Phi) is 6.11. The SMILES string of the molecule is CCc1nc(Nc2cc(C(=O)Cc3ccccc3)ccn2)nc(N2CCNC(=O)C2)n1. The van der Waals surface area contributed by atoms with Crippen LogP contribution in [0.4, 0.5) is 17.7 Å². The number of Topliss-reactive ketones (excluding diaryl/α,β-unsaturated/α-hetero) is 1. The van der Waals surface area contributed by atoms with Crippen LogP contribution in [0.2, 0.25) is 0 Å². The maximum Gasteiger partial charge on any atom is 0.239 e. The summed E-state index contributed by atoms with van der Waals surface area (Å²) in [5.74, 6) is 1.78. The summed E-state index contributed by atoms with van der Waals surface area (Å²) in [5, 5.41) is 5.87. The number of aryl methyl sites for hydroxylation is 1. The first-order valence-electron chi connectivity index (χ1n) is 10.2. The number of piperazine rings is 1. The predicted molar refractivity (Wildman–Crippen MR) is 116 cm³/mol. The number of nitrogens with one attached hydrogen (secondary N) is 2. The van der Waals surface area contributed by atoms with Gasteiger partial charge in [0.05, 0.1) is 6.54 Å². The van der Waals surface area contributed by atoms with Gasteiger partial charge in [-0.05, 0) is 17.7 Å². The summed E-state index contributed by atoms with van der Waals surface area (Å²) in [7, 11) is 0. The Hall–Kier alpha value is -3.88. The van der Waals surface area contributed by atoms with Crippen LogP contribution in [0, 0.1) is 0 Å². The fourth-order valence-electron chi connectivity index (χ4n) is 3.24. The van der Waals surface area contributed by atoms with E-state index in [2.05, 4.69) is 30.6 Å². The normalized spacial score (nSPS) is 13.6. The van der Waals surface area contributed by atoms with Crippen molar-refractivity contribution < 1.29 is 9.59 Å². The van der Waals surface area contributed by atoms with Crippen LogP contribution in [0.3, 0.4) is 0 Å². The van der Waals surface area contributed by atoms with E-state index in [9.17, 15) is 9.59 Å². The zero-order valence-electron chi connectivity index (χ0n) is 17.2. The van der Waals surface area contributed by atoms with Crippen LogP contribution < -0.4 is 15.5 Å². The van der Waals surface area contributed by atoms with Gasteiger partial charge in [0.2, 0.25) is 17.8 Å². The number of rotatable bonds is 7. The number of carbonyl (C=O) groups is 2. The second-order valence-corrected chi connectivity index (χ2v) is 7.14. The molecule has 3 heterocycles. The van der Waals surface area contributed by atoms with Crippen LogP contribution >= 0.6 is 0 Å². The van der Waals surface area contributed by atoms with Crippen LogP contribution in [0.1, 0.15) is 28.7 Å². The van der Waals surface area contributed by atoms with Crippen molar-refractivity contribution in [2.24, 2.45) is 0 Å². The second-order valence-electron chi connectivity index (χ2n) is 7.14. The molecule has 0 bridgehead atoms. The smallest absolute Gasteiger partial charge is 0.239 e. The third kappa shape index (κ3) is 5.19. The lowest BCUT2D eigenvalue weighted by molar-refractivity contribution is -0.120. The summed E-state index contributed by atoms with van der Waals surface area (Å²) >= 11 is 0. The molecule has 0 radical (unpaired) electrons. The van der Waals surface area contributed by atoms with Gasteiger partial charge in [0, 0.05) is 37.7 Å². The summed E-state index contributed by atoms with van der Waals surface area (Å²) in [4.78, 5) is 43.8. The summed E-state index contributed by atoms with van der Waals surface area (Å²) < 4.78 is 0. The molecule has 9 nitrogen and oxygen atoms in total. The van der Waals surface area contributed by atoms with E-state index >= 15 is 0 Å². The Morgan fingerprint density at radius 1 is 1.16 bits per heavy atom. The summed E-state index contributed by atoms with van der Waals surface area (Å²) in [5.41, 5.74) is 1.51. The first-order chi connectivity index (χ1) is 15.1. The molecule has 9 heteroatoms. The lowest BCUT2D eigenvalue weighted by atomic mass is 10.0. The molecule has 1 saturated heterocycles.